The zero-order valence-corrected chi connectivity index (χ0v) is 16.3. The second-order valence-electron chi connectivity index (χ2n) is 7.14. The number of halogens is 1. The second-order valence-corrected chi connectivity index (χ2v) is 7.14. The molecule has 6 heteroatoms. The van der Waals surface area contributed by atoms with Crippen molar-refractivity contribution in [3.63, 3.8) is 0 Å². The number of hydrogen-bond donors (Lipinski definition) is 1. The summed E-state index contributed by atoms with van der Waals surface area (Å²) < 4.78 is 1.85. The van der Waals surface area contributed by atoms with Crippen LogP contribution in [-0.4, -0.2) is 35.0 Å². The average Bonchev–Trinajstić information content (AvgIpc) is 3.16. The molecule has 0 spiro atoms. The van der Waals surface area contributed by atoms with E-state index < -0.39 is 0 Å². The van der Waals surface area contributed by atoms with Crippen molar-refractivity contribution in [2.45, 2.75) is 12.5 Å². The van der Waals surface area contributed by atoms with Crippen molar-refractivity contribution in [2.75, 3.05) is 19.6 Å². The van der Waals surface area contributed by atoms with E-state index in [2.05, 4.69) is 12.1 Å². The van der Waals surface area contributed by atoms with Gasteiger partial charge in [-0.2, -0.15) is 0 Å². The Balaban J connectivity index is 0.00000225. The summed E-state index contributed by atoms with van der Waals surface area (Å²) in [6.45, 7) is 2.14. The molecule has 4 rings (SSSR count). The van der Waals surface area contributed by atoms with Gasteiger partial charge < -0.3 is 15.2 Å². The normalized spacial score (nSPS) is 18.8. The van der Waals surface area contributed by atoms with Gasteiger partial charge in [0, 0.05) is 36.7 Å². The van der Waals surface area contributed by atoms with Crippen molar-refractivity contribution >= 4 is 29.2 Å². The van der Waals surface area contributed by atoms with Crippen LogP contribution in [0.4, 0.5) is 0 Å². The Kier molecular flexibility index (Phi) is 6.17. The van der Waals surface area contributed by atoms with Crippen LogP contribution >= 0.6 is 12.4 Å². The Morgan fingerprint density at radius 1 is 1.00 bits per heavy atom. The van der Waals surface area contributed by atoms with Crippen molar-refractivity contribution < 1.29 is 4.79 Å². The number of nitrogens with two attached hydrogens (primary N) is 1. The number of carbonyl (C=O) groups is 1. The fourth-order valence-electron chi connectivity index (χ4n) is 4.04. The Labute approximate surface area is 170 Å². The van der Waals surface area contributed by atoms with Crippen LogP contribution in [0.1, 0.15) is 11.5 Å². The molecule has 2 atom stereocenters. The minimum atomic E-state index is -0.0252. The maximum absolute atomic E-state index is 13.0. The quantitative estimate of drug-likeness (QED) is 0.735. The Morgan fingerprint density at radius 2 is 1.71 bits per heavy atom. The number of fused-ring (bicyclic) bond motifs is 1. The van der Waals surface area contributed by atoms with Gasteiger partial charge in [-0.15, -0.1) is 12.4 Å². The molecule has 1 saturated heterocycles. The number of pyridine rings is 1. The molecule has 2 heterocycles. The van der Waals surface area contributed by atoms with Gasteiger partial charge in [0.1, 0.15) is 6.54 Å². The minimum Gasteiger partial charge on any atom is -0.340 e. The highest BCUT2D eigenvalue weighted by Crippen LogP contribution is 2.32. The first-order valence-electron chi connectivity index (χ1n) is 9.28. The fraction of sp³-hybridized carbons (Fsp3) is 0.273. The molecule has 1 amide bonds. The Hall–Kier alpha value is -2.63. The summed E-state index contributed by atoms with van der Waals surface area (Å²) in [4.78, 5) is 26.9. The third-order valence-electron chi connectivity index (χ3n) is 5.51. The number of carbonyl (C=O) groups excluding carboxylic acids is 1. The minimum absolute atomic E-state index is 0. The van der Waals surface area contributed by atoms with Crippen LogP contribution in [0.3, 0.4) is 0 Å². The summed E-state index contributed by atoms with van der Waals surface area (Å²) in [5, 5.41) is 0.635. The molecule has 0 saturated carbocycles. The number of hydrogen-bond acceptors (Lipinski definition) is 3. The summed E-state index contributed by atoms with van der Waals surface area (Å²) in [5.41, 5.74) is 7.98. The van der Waals surface area contributed by atoms with Gasteiger partial charge in [0.25, 0.3) is 0 Å². The summed E-state index contributed by atoms with van der Waals surface area (Å²) in [5.74, 6) is 0.591. The molecule has 5 nitrogen and oxygen atoms in total. The molecule has 2 N–H and O–H groups in total. The van der Waals surface area contributed by atoms with E-state index in [0.717, 1.165) is 5.52 Å². The topological polar surface area (TPSA) is 68.3 Å². The first kappa shape index (κ1) is 20.1. The van der Waals surface area contributed by atoms with E-state index >= 15 is 0 Å². The van der Waals surface area contributed by atoms with Gasteiger partial charge in [-0.1, -0.05) is 42.5 Å². The van der Waals surface area contributed by atoms with E-state index in [1.54, 1.807) is 12.3 Å². The van der Waals surface area contributed by atoms with Crippen LogP contribution in [0.5, 0.6) is 0 Å². The monoisotopic (exact) mass is 397 g/mol. The van der Waals surface area contributed by atoms with Gasteiger partial charge in [-0.05, 0) is 30.2 Å². The lowest BCUT2D eigenvalue weighted by Gasteiger charge is -2.18. The van der Waals surface area contributed by atoms with Crippen molar-refractivity contribution in [1.82, 2.24) is 9.47 Å². The largest absolute Gasteiger partial charge is 0.340 e. The zero-order chi connectivity index (χ0) is 18.8. The molecule has 0 unspecified atom stereocenters. The molecule has 2 aromatic carbocycles. The molecule has 146 valence electrons. The van der Waals surface area contributed by atoms with E-state index in [4.69, 9.17) is 5.73 Å². The van der Waals surface area contributed by atoms with Gasteiger partial charge in [0.2, 0.25) is 5.91 Å². The van der Waals surface area contributed by atoms with Gasteiger partial charge in [-0.3, -0.25) is 9.59 Å². The molecular formula is C22H24ClN3O2. The molecule has 0 aliphatic carbocycles. The maximum Gasteiger partial charge on any atom is 0.242 e. The van der Waals surface area contributed by atoms with Gasteiger partial charge >= 0.3 is 0 Å². The van der Waals surface area contributed by atoms with Crippen LogP contribution in [0.15, 0.2) is 71.7 Å². The highest BCUT2D eigenvalue weighted by molar-refractivity contribution is 5.85. The number of rotatable bonds is 4. The molecule has 3 aromatic rings. The Morgan fingerprint density at radius 3 is 2.46 bits per heavy atom. The van der Waals surface area contributed by atoms with Gasteiger partial charge in [-0.25, -0.2) is 0 Å². The highest BCUT2D eigenvalue weighted by atomic mass is 35.5. The summed E-state index contributed by atoms with van der Waals surface area (Å²) in [6, 6.07) is 19.2. The second kappa shape index (κ2) is 8.59. The van der Waals surface area contributed by atoms with Crippen LogP contribution in [0, 0.1) is 5.92 Å². The number of aromatic nitrogens is 1. The average molecular weight is 398 g/mol. The van der Waals surface area contributed by atoms with Gasteiger partial charge in [0.15, 0.2) is 5.43 Å². The molecule has 1 aliphatic heterocycles. The van der Waals surface area contributed by atoms with Crippen molar-refractivity contribution in [3.05, 3.63) is 82.6 Å². The van der Waals surface area contributed by atoms with Crippen LogP contribution < -0.4 is 11.2 Å². The number of amides is 1. The van der Waals surface area contributed by atoms with E-state index in [1.807, 2.05) is 45.9 Å². The predicted octanol–water partition coefficient (Wildman–Crippen LogP) is 2.62. The molecule has 0 bridgehead atoms. The molecule has 0 radical (unpaired) electrons. The molecule has 28 heavy (non-hydrogen) atoms. The summed E-state index contributed by atoms with van der Waals surface area (Å²) in [6.07, 6.45) is 1.70. The van der Waals surface area contributed by atoms with E-state index in [-0.39, 0.29) is 42.1 Å². The fourth-order valence-corrected chi connectivity index (χ4v) is 4.04. The first-order chi connectivity index (χ1) is 13.2. The first-order valence-corrected chi connectivity index (χ1v) is 9.28. The third kappa shape index (κ3) is 3.81. The summed E-state index contributed by atoms with van der Waals surface area (Å²) in [7, 11) is 0. The van der Waals surface area contributed by atoms with Crippen LogP contribution in [0.2, 0.25) is 0 Å². The van der Waals surface area contributed by atoms with Crippen LogP contribution in [0.25, 0.3) is 10.9 Å². The lowest BCUT2D eigenvalue weighted by atomic mass is 9.89. The Bertz CT molecular complexity index is 1020. The number of benzene rings is 2. The van der Waals surface area contributed by atoms with Crippen molar-refractivity contribution in [1.29, 1.82) is 0 Å². The van der Waals surface area contributed by atoms with E-state index in [0.29, 0.717) is 25.0 Å². The number of likely N-dealkylation sites (tertiary alicyclic amines) is 1. The SMILES string of the molecule is Cl.NC[C@@H]1CN(C(=O)Cn2ccc(=O)c3ccccc32)C[C@H]1c1ccccc1. The lowest BCUT2D eigenvalue weighted by molar-refractivity contribution is -0.130. The number of para-hydroxylation sites is 1. The molecule has 1 aliphatic rings. The standard InChI is InChI=1S/C22H23N3O2.ClH/c23-12-17-13-25(14-19(17)16-6-2-1-3-7-16)22(27)15-24-11-10-21(26)18-8-4-5-9-20(18)24;/h1-11,17,19H,12-15,23H2;1H/t17-,19+;/m1./s1. The predicted molar refractivity (Wildman–Crippen MR) is 114 cm³/mol. The van der Waals surface area contributed by atoms with Crippen molar-refractivity contribution in [2.24, 2.45) is 11.7 Å². The van der Waals surface area contributed by atoms with E-state index in [1.165, 1.54) is 11.6 Å². The highest BCUT2D eigenvalue weighted by Gasteiger charge is 2.35. The van der Waals surface area contributed by atoms with E-state index in [9.17, 15) is 9.59 Å². The van der Waals surface area contributed by atoms with Crippen LogP contribution in [-0.2, 0) is 11.3 Å². The molecule has 1 fully saturated rings. The maximum atomic E-state index is 13.0. The lowest BCUT2D eigenvalue weighted by Crippen LogP contribution is -2.33. The third-order valence-corrected chi connectivity index (χ3v) is 5.51. The zero-order valence-electron chi connectivity index (χ0n) is 15.5. The molecule has 1 aromatic heterocycles. The molecular weight excluding hydrogens is 374 g/mol. The number of nitrogens with zero attached hydrogens (tertiary/aromatic N) is 2. The van der Waals surface area contributed by atoms with Gasteiger partial charge in [0.05, 0.1) is 5.52 Å². The van der Waals surface area contributed by atoms with Crippen molar-refractivity contribution in [3.8, 4) is 0 Å². The summed E-state index contributed by atoms with van der Waals surface area (Å²) >= 11 is 0. The smallest absolute Gasteiger partial charge is 0.242 e.